The zero-order valence-corrected chi connectivity index (χ0v) is 12.0. The average molecular weight is 319 g/mol. The van der Waals surface area contributed by atoms with E-state index in [1.807, 2.05) is 0 Å². The van der Waals surface area contributed by atoms with E-state index in [9.17, 15) is 13.2 Å². The van der Waals surface area contributed by atoms with E-state index in [0.717, 1.165) is 43.8 Å². The maximum absolute atomic E-state index is 12.7. The van der Waals surface area contributed by atoms with Crippen molar-refractivity contribution in [2.45, 2.75) is 19.0 Å². The van der Waals surface area contributed by atoms with Gasteiger partial charge in [0.2, 0.25) is 0 Å². The number of rotatable bonds is 3. The van der Waals surface area contributed by atoms with Gasteiger partial charge in [0.15, 0.2) is 0 Å². The molecule has 0 aliphatic carbocycles. The number of hydrazine groups is 1. The molecule has 3 aliphatic heterocycles. The second-order valence-electron chi connectivity index (χ2n) is 5.47. The van der Waals surface area contributed by atoms with Crippen LogP contribution in [0.3, 0.4) is 0 Å². The lowest BCUT2D eigenvalue weighted by Crippen LogP contribution is -3.10. The molecule has 0 unspecified atom stereocenters. The van der Waals surface area contributed by atoms with E-state index in [1.165, 1.54) is 11.0 Å². The Morgan fingerprint density at radius 3 is 2.43 bits per heavy atom. The van der Waals surface area contributed by atoms with Crippen molar-refractivity contribution in [3.05, 3.63) is 40.7 Å². The molecular formula is C14H16ClF3N3+. The lowest BCUT2D eigenvalue weighted by atomic mass is 9.90. The molecule has 3 aliphatic rings. The van der Waals surface area contributed by atoms with Gasteiger partial charge < -0.3 is 4.90 Å². The van der Waals surface area contributed by atoms with Crippen LogP contribution < -0.4 is 15.8 Å². The molecule has 2 bridgehead atoms. The van der Waals surface area contributed by atoms with Crippen molar-refractivity contribution < 1.29 is 18.1 Å². The van der Waals surface area contributed by atoms with Gasteiger partial charge in [-0.25, -0.2) is 0 Å². The van der Waals surface area contributed by atoms with E-state index >= 15 is 0 Å². The van der Waals surface area contributed by atoms with E-state index in [4.69, 9.17) is 11.6 Å². The first-order chi connectivity index (χ1) is 9.93. The second kappa shape index (κ2) is 5.42. The fraction of sp³-hybridized carbons (Fsp3) is 0.429. The Hall–Kier alpha value is -1.40. The molecule has 1 aromatic carbocycles. The normalized spacial score (nSPS) is 24.7. The zero-order chi connectivity index (χ0) is 15.0. The van der Waals surface area contributed by atoms with Crippen LogP contribution in [0.4, 0.5) is 18.9 Å². The summed E-state index contributed by atoms with van der Waals surface area (Å²) >= 11 is 5.95. The standard InChI is InChI=1S/C14H15ClF3N3/c15-11-2-1-10(14(16,17)18)7-12(11)19-20-13-8-21-5-3-9(13)4-6-21/h1-2,7-9,19-20H,3-6H2/p+1. The summed E-state index contributed by atoms with van der Waals surface area (Å²) in [4.78, 5) is 1.40. The van der Waals surface area contributed by atoms with Crippen molar-refractivity contribution in [1.82, 2.24) is 5.43 Å². The number of fused-ring (bicyclic) bond motifs is 2. The Bertz CT molecular complexity index is 563. The second-order valence-corrected chi connectivity index (χ2v) is 5.88. The van der Waals surface area contributed by atoms with Gasteiger partial charge in [0.05, 0.1) is 35.1 Å². The van der Waals surface area contributed by atoms with Gasteiger partial charge in [-0.1, -0.05) is 11.6 Å². The molecule has 0 radical (unpaired) electrons. The quantitative estimate of drug-likeness (QED) is 0.747. The van der Waals surface area contributed by atoms with Gasteiger partial charge in [0.25, 0.3) is 0 Å². The average Bonchev–Trinajstić information content (AvgIpc) is 2.46. The van der Waals surface area contributed by atoms with Crippen LogP contribution in [0.1, 0.15) is 18.4 Å². The van der Waals surface area contributed by atoms with E-state index in [1.54, 1.807) is 0 Å². The molecule has 7 heteroatoms. The number of halogens is 4. The molecular weight excluding hydrogens is 303 g/mol. The summed E-state index contributed by atoms with van der Waals surface area (Å²) < 4.78 is 38.1. The Kier molecular flexibility index (Phi) is 3.75. The van der Waals surface area contributed by atoms with Gasteiger partial charge in [0.1, 0.15) is 6.20 Å². The number of hydrogen-bond acceptors (Lipinski definition) is 2. The van der Waals surface area contributed by atoms with Crippen molar-refractivity contribution >= 4 is 17.3 Å². The summed E-state index contributed by atoms with van der Waals surface area (Å²) in [6, 6.07) is 3.25. The number of benzene rings is 1. The first kappa shape index (κ1) is 14.5. The Morgan fingerprint density at radius 2 is 1.86 bits per heavy atom. The highest BCUT2D eigenvalue weighted by Crippen LogP contribution is 2.33. The minimum absolute atomic E-state index is 0.235. The number of piperidine rings is 1. The molecule has 0 spiro atoms. The number of nitrogens with one attached hydrogen (secondary N) is 3. The predicted octanol–water partition coefficient (Wildman–Crippen LogP) is 2.43. The van der Waals surface area contributed by atoms with Crippen molar-refractivity contribution in [2.24, 2.45) is 5.92 Å². The Balaban J connectivity index is 1.73. The van der Waals surface area contributed by atoms with Gasteiger partial charge in [-0.2, -0.15) is 13.2 Å². The van der Waals surface area contributed by atoms with Crippen LogP contribution in [-0.2, 0) is 6.18 Å². The molecule has 3 heterocycles. The van der Waals surface area contributed by atoms with E-state index in [2.05, 4.69) is 17.1 Å². The van der Waals surface area contributed by atoms with Crippen molar-refractivity contribution in [3.8, 4) is 0 Å². The topological polar surface area (TPSA) is 28.5 Å². The largest absolute Gasteiger partial charge is 0.416 e. The summed E-state index contributed by atoms with van der Waals surface area (Å²) in [6.45, 7) is 2.25. The summed E-state index contributed by atoms with van der Waals surface area (Å²) in [5.41, 5.74) is 6.40. The minimum Gasteiger partial charge on any atom is -0.307 e. The van der Waals surface area contributed by atoms with Crippen LogP contribution in [0.2, 0.25) is 5.02 Å². The first-order valence-corrected chi connectivity index (χ1v) is 7.26. The van der Waals surface area contributed by atoms with Gasteiger partial charge in [0, 0.05) is 18.8 Å². The molecule has 1 aromatic rings. The van der Waals surface area contributed by atoms with E-state index in [-0.39, 0.29) is 10.7 Å². The number of quaternary nitrogens is 1. The maximum atomic E-state index is 12.7. The fourth-order valence-corrected chi connectivity index (χ4v) is 3.02. The number of alkyl halides is 3. The van der Waals surface area contributed by atoms with Crippen LogP contribution in [0.25, 0.3) is 0 Å². The van der Waals surface area contributed by atoms with Crippen LogP contribution in [0.5, 0.6) is 0 Å². The first-order valence-electron chi connectivity index (χ1n) is 6.88. The molecule has 1 fully saturated rings. The molecule has 3 N–H and O–H groups in total. The minimum atomic E-state index is -4.37. The number of hydrogen-bond donors (Lipinski definition) is 3. The predicted molar refractivity (Wildman–Crippen MR) is 74.7 cm³/mol. The number of allylic oxidation sites excluding steroid dienone is 1. The monoisotopic (exact) mass is 318 g/mol. The smallest absolute Gasteiger partial charge is 0.307 e. The fourth-order valence-electron chi connectivity index (χ4n) is 2.86. The summed E-state index contributed by atoms with van der Waals surface area (Å²) in [5, 5.41) is 0.254. The Morgan fingerprint density at radius 1 is 1.14 bits per heavy atom. The van der Waals surface area contributed by atoms with Gasteiger partial charge in [-0.05, 0) is 18.2 Å². The summed E-state index contributed by atoms with van der Waals surface area (Å²) in [7, 11) is 0. The van der Waals surface area contributed by atoms with Crippen LogP contribution in [-0.4, -0.2) is 13.1 Å². The third-order valence-electron chi connectivity index (χ3n) is 4.06. The highest BCUT2D eigenvalue weighted by Gasteiger charge is 2.32. The van der Waals surface area contributed by atoms with E-state index < -0.39 is 11.7 Å². The lowest BCUT2D eigenvalue weighted by Gasteiger charge is -2.34. The number of anilines is 1. The molecule has 21 heavy (non-hydrogen) atoms. The van der Waals surface area contributed by atoms with Gasteiger partial charge in [-0.15, -0.1) is 0 Å². The van der Waals surface area contributed by atoms with Gasteiger partial charge in [-0.3, -0.25) is 10.9 Å². The molecule has 0 aromatic heterocycles. The van der Waals surface area contributed by atoms with Crippen molar-refractivity contribution in [1.29, 1.82) is 0 Å². The molecule has 1 saturated heterocycles. The Labute approximate surface area is 125 Å². The zero-order valence-electron chi connectivity index (χ0n) is 11.2. The maximum Gasteiger partial charge on any atom is 0.416 e. The molecule has 114 valence electrons. The third-order valence-corrected chi connectivity index (χ3v) is 4.39. The molecule has 0 saturated carbocycles. The summed E-state index contributed by atoms with van der Waals surface area (Å²) in [5.74, 6) is 0.458. The molecule has 4 rings (SSSR count). The van der Waals surface area contributed by atoms with Crippen molar-refractivity contribution in [3.63, 3.8) is 0 Å². The summed E-state index contributed by atoms with van der Waals surface area (Å²) in [6.07, 6.45) is -0.0649. The highest BCUT2D eigenvalue weighted by atomic mass is 35.5. The third kappa shape index (κ3) is 3.11. The molecule has 0 atom stereocenters. The van der Waals surface area contributed by atoms with Crippen molar-refractivity contribution in [2.75, 3.05) is 18.5 Å². The van der Waals surface area contributed by atoms with Crippen LogP contribution >= 0.6 is 11.6 Å². The SMILES string of the molecule is FC(F)(F)c1ccc(Cl)c(NNC2=C[NH+]3CCC2CC3)c1. The van der Waals surface area contributed by atoms with Gasteiger partial charge >= 0.3 is 6.18 Å². The van der Waals surface area contributed by atoms with Crippen LogP contribution in [0.15, 0.2) is 30.1 Å². The molecule has 0 amide bonds. The van der Waals surface area contributed by atoms with E-state index in [0.29, 0.717) is 5.92 Å². The highest BCUT2D eigenvalue weighted by molar-refractivity contribution is 6.33. The van der Waals surface area contributed by atoms with Crippen LogP contribution in [0, 0.1) is 5.92 Å². The lowest BCUT2D eigenvalue weighted by molar-refractivity contribution is -0.859. The molecule has 3 nitrogen and oxygen atoms in total.